The molecule has 2 nitrogen and oxygen atoms in total. The molecule has 0 aliphatic carbocycles. The van der Waals surface area contributed by atoms with Crippen LogP contribution in [0.25, 0.3) is 0 Å². The van der Waals surface area contributed by atoms with E-state index in [1.165, 1.54) is 0 Å². The number of halogens is 3. The minimum atomic E-state index is -0.171. The first-order valence-electron chi connectivity index (χ1n) is 4.86. The Bertz CT molecular complexity index is 384. The van der Waals surface area contributed by atoms with E-state index in [0.717, 1.165) is 10.9 Å². The van der Waals surface area contributed by atoms with E-state index in [-0.39, 0.29) is 11.9 Å². The molecule has 0 spiro atoms. The summed E-state index contributed by atoms with van der Waals surface area (Å²) in [6, 6.07) is 5.22. The van der Waals surface area contributed by atoms with Gasteiger partial charge in [0.15, 0.2) is 0 Å². The molecule has 0 saturated heterocycles. The summed E-state index contributed by atoms with van der Waals surface area (Å²) < 4.78 is 0.850. The molecule has 0 heterocycles. The molecule has 1 N–H and O–H groups in total. The Hall–Kier alpha value is -0.250. The second-order valence-electron chi connectivity index (χ2n) is 3.48. The van der Waals surface area contributed by atoms with Crippen molar-refractivity contribution in [2.45, 2.75) is 19.4 Å². The third kappa shape index (κ3) is 3.96. The van der Waals surface area contributed by atoms with Crippen molar-refractivity contribution in [1.29, 1.82) is 0 Å². The van der Waals surface area contributed by atoms with Gasteiger partial charge in [0.05, 0.1) is 10.6 Å². The van der Waals surface area contributed by atoms with Crippen LogP contribution in [0.3, 0.4) is 0 Å². The average Bonchev–Trinajstić information content (AvgIpc) is 2.17. The van der Waals surface area contributed by atoms with E-state index in [2.05, 4.69) is 21.2 Å². The molecule has 5 heteroatoms. The maximum Gasteiger partial charge on any atom is 0.253 e. The first-order valence-corrected chi connectivity index (χ1v) is 6.57. The summed E-state index contributed by atoms with van der Waals surface area (Å²) in [5.74, 6) is 0.352. The summed E-state index contributed by atoms with van der Waals surface area (Å²) in [5.41, 5.74) is 0.478. The zero-order valence-electron chi connectivity index (χ0n) is 8.77. The molecule has 1 atom stereocenters. The molecule has 0 radical (unpaired) electrons. The van der Waals surface area contributed by atoms with E-state index >= 15 is 0 Å². The number of alkyl halides is 1. The van der Waals surface area contributed by atoms with Gasteiger partial charge in [0.2, 0.25) is 0 Å². The Morgan fingerprint density at radius 1 is 1.56 bits per heavy atom. The number of hydrogen-bond acceptors (Lipinski definition) is 1. The fourth-order valence-corrected chi connectivity index (χ4v) is 2.30. The molecule has 0 aromatic heterocycles. The van der Waals surface area contributed by atoms with Gasteiger partial charge in [-0.05, 0) is 31.5 Å². The Kier molecular flexibility index (Phi) is 5.59. The van der Waals surface area contributed by atoms with Gasteiger partial charge in [-0.3, -0.25) is 4.79 Å². The van der Waals surface area contributed by atoms with Crippen molar-refractivity contribution in [3.8, 4) is 0 Å². The lowest BCUT2D eigenvalue weighted by atomic mass is 10.2. The van der Waals surface area contributed by atoms with Gasteiger partial charge < -0.3 is 5.32 Å². The maximum absolute atomic E-state index is 11.8. The average molecular weight is 325 g/mol. The number of benzene rings is 1. The Morgan fingerprint density at radius 2 is 2.25 bits per heavy atom. The molecule has 1 aromatic carbocycles. The topological polar surface area (TPSA) is 29.1 Å². The van der Waals surface area contributed by atoms with Crippen molar-refractivity contribution >= 4 is 45.0 Å². The number of rotatable bonds is 4. The SMILES string of the molecule is CC(CCCl)NC(=O)c1ccc(Br)cc1Cl. The molecule has 1 unspecified atom stereocenters. The summed E-state index contributed by atoms with van der Waals surface area (Å²) in [5, 5.41) is 3.27. The van der Waals surface area contributed by atoms with E-state index in [0.29, 0.717) is 16.5 Å². The van der Waals surface area contributed by atoms with Crippen LogP contribution in [0.2, 0.25) is 5.02 Å². The van der Waals surface area contributed by atoms with Gasteiger partial charge in [-0.15, -0.1) is 11.6 Å². The highest BCUT2D eigenvalue weighted by Crippen LogP contribution is 2.21. The standard InChI is InChI=1S/C11H12BrCl2NO/c1-7(4-5-13)15-11(16)9-3-2-8(12)6-10(9)14/h2-3,6-7H,4-5H2,1H3,(H,15,16). The molecule has 0 aliphatic heterocycles. The van der Waals surface area contributed by atoms with Crippen LogP contribution in [0.4, 0.5) is 0 Å². The van der Waals surface area contributed by atoms with Crippen LogP contribution in [-0.4, -0.2) is 17.8 Å². The van der Waals surface area contributed by atoms with Crippen molar-refractivity contribution in [2.24, 2.45) is 0 Å². The van der Waals surface area contributed by atoms with Gasteiger partial charge in [-0.1, -0.05) is 27.5 Å². The van der Waals surface area contributed by atoms with Crippen molar-refractivity contribution in [3.05, 3.63) is 33.3 Å². The van der Waals surface area contributed by atoms with E-state index in [1.54, 1.807) is 18.2 Å². The number of amides is 1. The van der Waals surface area contributed by atoms with Crippen molar-refractivity contribution in [2.75, 3.05) is 5.88 Å². The molecular weight excluding hydrogens is 313 g/mol. The summed E-state index contributed by atoms with van der Waals surface area (Å²) in [6.45, 7) is 1.91. The van der Waals surface area contributed by atoms with Crippen LogP contribution in [0.5, 0.6) is 0 Å². The summed E-state index contributed by atoms with van der Waals surface area (Å²) >= 11 is 14.8. The highest BCUT2D eigenvalue weighted by atomic mass is 79.9. The van der Waals surface area contributed by atoms with Crippen molar-refractivity contribution in [3.63, 3.8) is 0 Å². The molecule has 16 heavy (non-hydrogen) atoms. The second-order valence-corrected chi connectivity index (χ2v) is 5.18. The Morgan fingerprint density at radius 3 is 2.81 bits per heavy atom. The predicted molar refractivity (Wildman–Crippen MR) is 71.4 cm³/mol. The Balaban J connectivity index is 2.73. The normalized spacial score (nSPS) is 12.2. The van der Waals surface area contributed by atoms with Crippen LogP contribution in [0, 0.1) is 0 Å². The molecule has 1 aromatic rings. The van der Waals surface area contributed by atoms with Crippen LogP contribution in [-0.2, 0) is 0 Å². The fraction of sp³-hybridized carbons (Fsp3) is 0.364. The van der Waals surface area contributed by atoms with Gasteiger partial charge in [0, 0.05) is 16.4 Å². The summed E-state index contributed by atoms with van der Waals surface area (Å²) in [7, 11) is 0. The molecular formula is C11H12BrCl2NO. The summed E-state index contributed by atoms with van der Waals surface area (Å²) in [6.07, 6.45) is 0.738. The van der Waals surface area contributed by atoms with Crippen LogP contribution >= 0.6 is 39.1 Å². The molecule has 88 valence electrons. The van der Waals surface area contributed by atoms with E-state index in [1.807, 2.05) is 6.92 Å². The quantitative estimate of drug-likeness (QED) is 0.837. The van der Waals surface area contributed by atoms with Gasteiger partial charge in [0.25, 0.3) is 5.91 Å². The third-order valence-corrected chi connectivity index (χ3v) is 3.12. The van der Waals surface area contributed by atoms with Crippen molar-refractivity contribution < 1.29 is 4.79 Å². The first kappa shape index (κ1) is 13.8. The van der Waals surface area contributed by atoms with Crippen LogP contribution in [0.15, 0.2) is 22.7 Å². The third-order valence-electron chi connectivity index (χ3n) is 2.10. The minimum Gasteiger partial charge on any atom is -0.349 e. The molecule has 0 fully saturated rings. The first-order chi connectivity index (χ1) is 7.54. The highest BCUT2D eigenvalue weighted by molar-refractivity contribution is 9.10. The zero-order valence-corrected chi connectivity index (χ0v) is 11.9. The smallest absolute Gasteiger partial charge is 0.253 e. The van der Waals surface area contributed by atoms with E-state index < -0.39 is 0 Å². The minimum absolute atomic E-state index is 0.0460. The number of nitrogens with one attached hydrogen (secondary N) is 1. The fourth-order valence-electron chi connectivity index (χ4n) is 1.21. The largest absolute Gasteiger partial charge is 0.349 e. The van der Waals surface area contributed by atoms with E-state index in [9.17, 15) is 4.79 Å². The number of carbonyl (C=O) groups excluding carboxylic acids is 1. The van der Waals surface area contributed by atoms with Gasteiger partial charge >= 0.3 is 0 Å². The predicted octanol–water partition coefficient (Wildman–Crippen LogP) is 3.85. The maximum atomic E-state index is 11.8. The molecule has 0 aliphatic rings. The monoisotopic (exact) mass is 323 g/mol. The lowest BCUT2D eigenvalue weighted by Gasteiger charge is -2.13. The molecule has 0 bridgehead atoms. The van der Waals surface area contributed by atoms with Crippen LogP contribution < -0.4 is 5.32 Å². The second kappa shape index (κ2) is 6.48. The zero-order chi connectivity index (χ0) is 12.1. The van der Waals surface area contributed by atoms with Gasteiger partial charge in [-0.25, -0.2) is 0 Å². The molecule has 1 amide bonds. The lowest BCUT2D eigenvalue weighted by molar-refractivity contribution is 0.0939. The Labute approximate surface area is 113 Å². The number of carbonyl (C=O) groups is 1. The lowest BCUT2D eigenvalue weighted by Crippen LogP contribution is -2.32. The number of hydrogen-bond donors (Lipinski definition) is 1. The molecule has 1 rings (SSSR count). The van der Waals surface area contributed by atoms with Crippen molar-refractivity contribution in [1.82, 2.24) is 5.32 Å². The molecule has 0 saturated carbocycles. The van der Waals surface area contributed by atoms with E-state index in [4.69, 9.17) is 23.2 Å². The van der Waals surface area contributed by atoms with Gasteiger partial charge in [-0.2, -0.15) is 0 Å². The van der Waals surface area contributed by atoms with Crippen LogP contribution in [0.1, 0.15) is 23.7 Å². The van der Waals surface area contributed by atoms with Gasteiger partial charge in [0.1, 0.15) is 0 Å². The summed E-state index contributed by atoms with van der Waals surface area (Å²) in [4.78, 5) is 11.8. The highest BCUT2D eigenvalue weighted by Gasteiger charge is 2.12.